The second kappa shape index (κ2) is 5.83. The lowest BCUT2D eigenvalue weighted by Crippen LogP contribution is -2.23. The van der Waals surface area contributed by atoms with Crippen LogP contribution in [0.2, 0.25) is 0 Å². The van der Waals surface area contributed by atoms with Gasteiger partial charge in [-0.25, -0.2) is 0 Å². The van der Waals surface area contributed by atoms with Crippen LogP contribution in [-0.4, -0.2) is 12.6 Å². The molecule has 0 aromatic carbocycles. The third-order valence-corrected chi connectivity index (χ3v) is 1.10. The van der Waals surface area contributed by atoms with Crippen LogP contribution in [0.15, 0.2) is 12.2 Å². The topological polar surface area (TPSA) is 12.0 Å². The number of rotatable bonds is 4. The first kappa shape index (κ1) is 8.70. The van der Waals surface area contributed by atoms with Crippen LogP contribution in [0.4, 0.5) is 0 Å². The highest BCUT2D eigenvalue weighted by Gasteiger charge is 1.86. The first-order valence-electron chi connectivity index (χ1n) is 3.62. The van der Waals surface area contributed by atoms with Crippen molar-refractivity contribution in [2.75, 3.05) is 6.54 Å². The second-order valence-electron chi connectivity index (χ2n) is 2.47. The van der Waals surface area contributed by atoms with E-state index in [1.165, 1.54) is 0 Å². The fourth-order valence-electron chi connectivity index (χ4n) is 0.622. The lowest BCUT2D eigenvalue weighted by molar-refractivity contribution is 0.595. The first-order chi connectivity index (χ1) is 4.27. The van der Waals surface area contributed by atoms with Crippen LogP contribution in [0, 0.1) is 0 Å². The summed E-state index contributed by atoms with van der Waals surface area (Å²) in [7, 11) is 0. The molecule has 1 heteroatoms. The summed E-state index contributed by atoms with van der Waals surface area (Å²) in [5.74, 6) is 0. The highest BCUT2D eigenvalue weighted by molar-refractivity contribution is 4.77. The van der Waals surface area contributed by atoms with Crippen LogP contribution in [0.1, 0.15) is 27.2 Å². The lowest BCUT2D eigenvalue weighted by atomic mass is 10.3. The van der Waals surface area contributed by atoms with Gasteiger partial charge >= 0.3 is 0 Å². The Bertz CT molecular complexity index is 74.6. The molecule has 0 aromatic rings. The normalized spacial score (nSPS) is 11.6. The number of hydrogen-bond donors (Lipinski definition) is 1. The lowest BCUT2D eigenvalue weighted by Gasteiger charge is -2.04. The molecule has 9 heavy (non-hydrogen) atoms. The predicted octanol–water partition coefficient (Wildman–Crippen LogP) is 1.95. The smallest absolute Gasteiger partial charge is 0.00105 e. The molecule has 0 amide bonds. The molecule has 54 valence electrons. The molecule has 0 saturated heterocycles. The zero-order valence-corrected chi connectivity index (χ0v) is 6.65. The molecule has 0 fully saturated rings. The van der Waals surface area contributed by atoms with E-state index in [1.807, 2.05) is 0 Å². The summed E-state index contributed by atoms with van der Waals surface area (Å²) in [6.07, 6.45) is 5.41. The Kier molecular flexibility index (Phi) is 5.64. The number of nitrogens with one attached hydrogen (secondary N) is 1. The van der Waals surface area contributed by atoms with Crippen molar-refractivity contribution in [1.29, 1.82) is 0 Å². The van der Waals surface area contributed by atoms with Gasteiger partial charge in [-0.3, -0.25) is 0 Å². The van der Waals surface area contributed by atoms with Crippen molar-refractivity contribution in [3.05, 3.63) is 12.2 Å². The zero-order valence-electron chi connectivity index (χ0n) is 6.65. The summed E-state index contributed by atoms with van der Waals surface area (Å²) in [6.45, 7) is 7.47. The zero-order chi connectivity index (χ0) is 7.11. The molecule has 0 heterocycles. The Morgan fingerprint density at radius 1 is 1.44 bits per heavy atom. The predicted molar refractivity (Wildman–Crippen MR) is 42.6 cm³/mol. The number of hydrogen-bond acceptors (Lipinski definition) is 1. The van der Waals surface area contributed by atoms with Gasteiger partial charge in [0.25, 0.3) is 0 Å². The maximum Gasteiger partial charge on any atom is 0.00105 e. The summed E-state index contributed by atoms with van der Waals surface area (Å²) in [6, 6.07) is 0.621. The van der Waals surface area contributed by atoms with Crippen LogP contribution >= 0.6 is 0 Å². The van der Waals surface area contributed by atoms with Crippen molar-refractivity contribution in [2.45, 2.75) is 33.2 Å². The molecule has 1 N–H and O–H groups in total. The molecule has 0 aliphatic heterocycles. The Morgan fingerprint density at radius 3 is 2.56 bits per heavy atom. The van der Waals surface area contributed by atoms with E-state index in [-0.39, 0.29) is 0 Å². The van der Waals surface area contributed by atoms with Gasteiger partial charge in [0.1, 0.15) is 0 Å². The highest BCUT2D eigenvalue weighted by atomic mass is 14.9. The van der Waals surface area contributed by atoms with Gasteiger partial charge in [0.2, 0.25) is 0 Å². The van der Waals surface area contributed by atoms with Gasteiger partial charge in [-0.1, -0.05) is 26.0 Å². The molecule has 0 aliphatic rings. The van der Waals surface area contributed by atoms with Gasteiger partial charge in [0.05, 0.1) is 0 Å². The van der Waals surface area contributed by atoms with Gasteiger partial charge in [0.15, 0.2) is 0 Å². The first-order valence-corrected chi connectivity index (χ1v) is 3.62. The largest absolute Gasteiger partial charge is 0.314 e. The Hall–Kier alpha value is -0.300. The Balaban J connectivity index is 2.91. The summed E-state index contributed by atoms with van der Waals surface area (Å²) >= 11 is 0. The average Bonchev–Trinajstić information content (AvgIpc) is 1.80. The average molecular weight is 127 g/mol. The number of allylic oxidation sites excluding steroid dienone is 1. The van der Waals surface area contributed by atoms with E-state index in [2.05, 4.69) is 38.2 Å². The van der Waals surface area contributed by atoms with E-state index < -0.39 is 0 Å². The van der Waals surface area contributed by atoms with Gasteiger partial charge in [-0.15, -0.1) is 0 Å². The summed E-state index contributed by atoms with van der Waals surface area (Å²) in [5, 5.41) is 3.33. The third-order valence-electron chi connectivity index (χ3n) is 1.10. The molecule has 0 atom stereocenters. The molecule has 0 saturated carbocycles. The van der Waals surface area contributed by atoms with Gasteiger partial charge in [0, 0.05) is 6.04 Å². The maximum atomic E-state index is 3.33. The molecule has 0 unspecified atom stereocenters. The van der Waals surface area contributed by atoms with E-state index in [4.69, 9.17) is 0 Å². The molecular weight excluding hydrogens is 110 g/mol. The van der Waals surface area contributed by atoms with Crippen molar-refractivity contribution < 1.29 is 0 Å². The van der Waals surface area contributed by atoms with Crippen molar-refractivity contribution in [3.63, 3.8) is 0 Å². The SMILES string of the molecule is C/C=C\CCNC(C)C. The molecule has 0 aliphatic carbocycles. The monoisotopic (exact) mass is 127 g/mol. The van der Waals surface area contributed by atoms with E-state index in [0.29, 0.717) is 6.04 Å². The molecular formula is C8H17N. The second-order valence-corrected chi connectivity index (χ2v) is 2.47. The van der Waals surface area contributed by atoms with E-state index >= 15 is 0 Å². The minimum Gasteiger partial charge on any atom is -0.314 e. The highest BCUT2D eigenvalue weighted by Crippen LogP contribution is 1.81. The quantitative estimate of drug-likeness (QED) is 0.449. The van der Waals surface area contributed by atoms with Gasteiger partial charge in [-0.2, -0.15) is 0 Å². The summed E-state index contributed by atoms with van der Waals surface area (Å²) < 4.78 is 0. The molecule has 0 rings (SSSR count). The van der Waals surface area contributed by atoms with Crippen LogP contribution in [0.25, 0.3) is 0 Å². The summed E-state index contributed by atoms with van der Waals surface area (Å²) in [4.78, 5) is 0. The van der Waals surface area contributed by atoms with E-state index in [1.54, 1.807) is 0 Å². The third kappa shape index (κ3) is 7.70. The van der Waals surface area contributed by atoms with Crippen LogP contribution in [0.3, 0.4) is 0 Å². The van der Waals surface area contributed by atoms with Crippen molar-refractivity contribution in [2.24, 2.45) is 0 Å². The minimum atomic E-state index is 0.621. The van der Waals surface area contributed by atoms with E-state index in [0.717, 1.165) is 13.0 Å². The Labute approximate surface area is 58.2 Å². The minimum absolute atomic E-state index is 0.621. The van der Waals surface area contributed by atoms with E-state index in [9.17, 15) is 0 Å². The standard InChI is InChI=1S/C8H17N/c1-4-5-6-7-9-8(2)3/h4-5,8-9H,6-7H2,1-3H3/b5-4-. The van der Waals surface area contributed by atoms with Crippen molar-refractivity contribution >= 4 is 0 Å². The maximum absolute atomic E-state index is 3.33. The molecule has 1 nitrogen and oxygen atoms in total. The van der Waals surface area contributed by atoms with Gasteiger partial charge in [-0.05, 0) is 19.9 Å². The van der Waals surface area contributed by atoms with Crippen molar-refractivity contribution in [3.8, 4) is 0 Å². The van der Waals surface area contributed by atoms with Crippen LogP contribution < -0.4 is 5.32 Å². The molecule has 0 bridgehead atoms. The van der Waals surface area contributed by atoms with Gasteiger partial charge < -0.3 is 5.32 Å². The summed E-state index contributed by atoms with van der Waals surface area (Å²) in [5.41, 5.74) is 0. The molecule has 0 aromatic heterocycles. The van der Waals surface area contributed by atoms with Crippen LogP contribution in [-0.2, 0) is 0 Å². The fourth-order valence-corrected chi connectivity index (χ4v) is 0.622. The Morgan fingerprint density at radius 2 is 2.11 bits per heavy atom. The molecule has 0 spiro atoms. The molecule has 0 radical (unpaired) electrons. The van der Waals surface area contributed by atoms with Crippen LogP contribution in [0.5, 0.6) is 0 Å². The fraction of sp³-hybridized carbons (Fsp3) is 0.750. The van der Waals surface area contributed by atoms with Crippen molar-refractivity contribution in [1.82, 2.24) is 5.32 Å².